The zero-order chi connectivity index (χ0) is 10.0. The maximum Gasteiger partial charge on any atom is 0.221 e. The summed E-state index contributed by atoms with van der Waals surface area (Å²) in [5.74, 6) is -0.107. The normalized spacial score (nSPS) is 9.77. The van der Waals surface area contributed by atoms with Gasteiger partial charge in [0.2, 0.25) is 5.91 Å². The maximum absolute atomic E-state index is 10.8. The van der Waals surface area contributed by atoms with Gasteiger partial charge in [0, 0.05) is 17.1 Å². The molecule has 0 atom stereocenters. The van der Waals surface area contributed by atoms with Gasteiger partial charge in [0.25, 0.3) is 0 Å². The molecule has 0 aliphatic rings. The molecule has 70 valence electrons. The Balaban J connectivity index is 3.08. The largest absolute Gasteiger partial charge is 0.398 e. The van der Waals surface area contributed by atoms with Crippen molar-refractivity contribution in [3.8, 4) is 0 Å². The van der Waals surface area contributed by atoms with Crippen LogP contribution in [0.4, 0.5) is 11.4 Å². The van der Waals surface area contributed by atoms with Crippen LogP contribution in [0.3, 0.4) is 0 Å². The molecule has 0 radical (unpaired) electrons. The SMILES string of the molecule is CC(=O)Nc1cc(N)c(C)cc1Br. The minimum atomic E-state index is -0.107. The Morgan fingerprint density at radius 1 is 1.54 bits per heavy atom. The second-order valence-electron chi connectivity index (χ2n) is 2.87. The number of hydrogen-bond acceptors (Lipinski definition) is 2. The van der Waals surface area contributed by atoms with Gasteiger partial charge in [-0.05, 0) is 40.5 Å². The predicted octanol–water partition coefficient (Wildman–Crippen LogP) is 2.30. The second-order valence-corrected chi connectivity index (χ2v) is 3.72. The fourth-order valence-corrected chi connectivity index (χ4v) is 1.53. The first-order valence-electron chi connectivity index (χ1n) is 3.84. The van der Waals surface area contributed by atoms with Crippen LogP contribution in [0.2, 0.25) is 0 Å². The molecule has 0 aliphatic heterocycles. The van der Waals surface area contributed by atoms with E-state index in [0.29, 0.717) is 11.4 Å². The molecule has 0 saturated carbocycles. The lowest BCUT2D eigenvalue weighted by atomic mass is 10.2. The van der Waals surface area contributed by atoms with E-state index in [2.05, 4.69) is 21.2 Å². The lowest BCUT2D eigenvalue weighted by Crippen LogP contribution is -2.07. The third-order valence-corrected chi connectivity index (χ3v) is 2.32. The monoisotopic (exact) mass is 242 g/mol. The summed E-state index contributed by atoms with van der Waals surface area (Å²) in [5, 5.41) is 2.68. The van der Waals surface area contributed by atoms with E-state index in [1.54, 1.807) is 6.07 Å². The first kappa shape index (κ1) is 10.1. The second kappa shape index (κ2) is 3.79. The van der Waals surface area contributed by atoms with Crippen molar-refractivity contribution in [1.82, 2.24) is 0 Å². The Bertz CT molecular complexity index is 350. The molecule has 0 saturated heterocycles. The third kappa shape index (κ3) is 2.45. The summed E-state index contributed by atoms with van der Waals surface area (Å²) >= 11 is 3.34. The maximum atomic E-state index is 10.8. The van der Waals surface area contributed by atoms with Crippen molar-refractivity contribution in [3.05, 3.63) is 22.2 Å². The van der Waals surface area contributed by atoms with E-state index < -0.39 is 0 Å². The number of benzene rings is 1. The van der Waals surface area contributed by atoms with E-state index >= 15 is 0 Å². The minimum Gasteiger partial charge on any atom is -0.398 e. The lowest BCUT2D eigenvalue weighted by molar-refractivity contribution is -0.114. The molecule has 0 heterocycles. The number of aryl methyl sites for hydroxylation is 1. The Kier molecular flexibility index (Phi) is 2.93. The summed E-state index contributed by atoms with van der Waals surface area (Å²) < 4.78 is 0.842. The average Bonchev–Trinajstić information content (AvgIpc) is 1.99. The van der Waals surface area contributed by atoms with Gasteiger partial charge in [0.1, 0.15) is 0 Å². The van der Waals surface area contributed by atoms with Gasteiger partial charge in [-0.2, -0.15) is 0 Å². The van der Waals surface area contributed by atoms with Crippen molar-refractivity contribution in [2.75, 3.05) is 11.1 Å². The van der Waals surface area contributed by atoms with Crippen molar-refractivity contribution >= 4 is 33.2 Å². The van der Waals surface area contributed by atoms with Gasteiger partial charge in [-0.3, -0.25) is 4.79 Å². The van der Waals surface area contributed by atoms with Crippen molar-refractivity contribution in [1.29, 1.82) is 0 Å². The average molecular weight is 243 g/mol. The van der Waals surface area contributed by atoms with Gasteiger partial charge in [-0.1, -0.05) is 0 Å². The highest BCUT2D eigenvalue weighted by atomic mass is 79.9. The van der Waals surface area contributed by atoms with Gasteiger partial charge in [-0.15, -0.1) is 0 Å². The Morgan fingerprint density at radius 3 is 2.69 bits per heavy atom. The smallest absolute Gasteiger partial charge is 0.221 e. The van der Waals surface area contributed by atoms with Crippen LogP contribution in [0, 0.1) is 6.92 Å². The Hall–Kier alpha value is -1.03. The number of nitrogens with one attached hydrogen (secondary N) is 1. The summed E-state index contributed by atoms with van der Waals surface area (Å²) in [6.07, 6.45) is 0. The highest BCUT2D eigenvalue weighted by Crippen LogP contribution is 2.27. The fraction of sp³-hybridized carbons (Fsp3) is 0.222. The van der Waals surface area contributed by atoms with E-state index in [1.165, 1.54) is 6.92 Å². The number of halogens is 1. The molecule has 0 fully saturated rings. The number of rotatable bonds is 1. The molecular formula is C9H11BrN2O. The van der Waals surface area contributed by atoms with E-state index in [-0.39, 0.29) is 5.91 Å². The van der Waals surface area contributed by atoms with Gasteiger partial charge in [-0.25, -0.2) is 0 Å². The number of carbonyl (C=O) groups excluding carboxylic acids is 1. The van der Waals surface area contributed by atoms with Crippen molar-refractivity contribution in [3.63, 3.8) is 0 Å². The van der Waals surface area contributed by atoms with Gasteiger partial charge >= 0.3 is 0 Å². The van der Waals surface area contributed by atoms with Crippen LogP contribution < -0.4 is 11.1 Å². The molecule has 1 amide bonds. The summed E-state index contributed by atoms with van der Waals surface area (Å²) in [7, 11) is 0. The number of amides is 1. The highest BCUT2D eigenvalue weighted by Gasteiger charge is 2.04. The molecule has 0 unspecified atom stereocenters. The first-order valence-corrected chi connectivity index (χ1v) is 4.63. The fourth-order valence-electron chi connectivity index (χ4n) is 0.975. The topological polar surface area (TPSA) is 55.1 Å². The molecule has 3 N–H and O–H groups in total. The summed E-state index contributed by atoms with van der Waals surface area (Å²) in [4.78, 5) is 10.8. The molecular weight excluding hydrogens is 232 g/mol. The minimum absolute atomic E-state index is 0.107. The summed E-state index contributed by atoms with van der Waals surface area (Å²) in [6.45, 7) is 3.38. The summed E-state index contributed by atoms with van der Waals surface area (Å²) in [5.41, 5.74) is 8.06. The van der Waals surface area contributed by atoms with Gasteiger partial charge < -0.3 is 11.1 Å². The molecule has 1 rings (SSSR count). The number of carbonyl (C=O) groups is 1. The number of anilines is 2. The van der Waals surface area contributed by atoms with E-state index in [1.807, 2.05) is 13.0 Å². The van der Waals surface area contributed by atoms with Crippen molar-refractivity contribution in [2.45, 2.75) is 13.8 Å². The van der Waals surface area contributed by atoms with Crippen LogP contribution in [0.25, 0.3) is 0 Å². The van der Waals surface area contributed by atoms with Crippen LogP contribution >= 0.6 is 15.9 Å². The van der Waals surface area contributed by atoms with E-state index in [9.17, 15) is 4.79 Å². The predicted molar refractivity (Wildman–Crippen MR) is 57.6 cm³/mol. The molecule has 13 heavy (non-hydrogen) atoms. The van der Waals surface area contributed by atoms with Crippen LogP contribution in [-0.2, 0) is 4.79 Å². The summed E-state index contributed by atoms with van der Waals surface area (Å²) in [6, 6.07) is 3.61. The zero-order valence-electron chi connectivity index (χ0n) is 7.52. The van der Waals surface area contributed by atoms with Crippen LogP contribution in [0.15, 0.2) is 16.6 Å². The first-order chi connectivity index (χ1) is 6.00. The lowest BCUT2D eigenvalue weighted by Gasteiger charge is -2.08. The third-order valence-electron chi connectivity index (χ3n) is 1.67. The number of nitrogens with two attached hydrogens (primary N) is 1. The molecule has 1 aromatic rings. The molecule has 0 spiro atoms. The number of hydrogen-bond donors (Lipinski definition) is 2. The quantitative estimate of drug-likeness (QED) is 0.743. The van der Waals surface area contributed by atoms with Crippen LogP contribution in [0.5, 0.6) is 0 Å². The standard InChI is InChI=1S/C9H11BrN2O/c1-5-3-7(10)9(4-8(5)11)12-6(2)13/h3-4H,11H2,1-2H3,(H,12,13). The van der Waals surface area contributed by atoms with Gasteiger partial charge in [0.05, 0.1) is 5.69 Å². The molecule has 0 aromatic heterocycles. The molecule has 3 nitrogen and oxygen atoms in total. The van der Waals surface area contributed by atoms with Crippen molar-refractivity contribution in [2.24, 2.45) is 0 Å². The Labute approximate surface area is 85.4 Å². The molecule has 0 aliphatic carbocycles. The van der Waals surface area contributed by atoms with E-state index in [0.717, 1.165) is 10.0 Å². The molecule has 0 bridgehead atoms. The van der Waals surface area contributed by atoms with E-state index in [4.69, 9.17) is 5.73 Å². The van der Waals surface area contributed by atoms with Crippen molar-refractivity contribution < 1.29 is 4.79 Å². The number of nitrogen functional groups attached to an aromatic ring is 1. The van der Waals surface area contributed by atoms with Crippen LogP contribution in [0.1, 0.15) is 12.5 Å². The Morgan fingerprint density at radius 2 is 2.15 bits per heavy atom. The van der Waals surface area contributed by atoms with Crippen LogP contribution in [-0.4, -0.2) is 5.91 Å². The molecule has 1 aromatic carbocycles. The molecule has 4 heteroatoms. The highest BCUT2D eigenvalue weighted by molar-refractivity contribution is 9.10. The zero-order valence-corrected chi connectivity index (χ0v) is 9.10. The van der Waals surface area contributed by atoms with Gasteiger partial charge in [0.15, 0.2) is 0 Å².